The Morgan fingerprint density at radius 1 is 1.25 bits per heavy atom. The van der Waals surface area contributed by atoms with Crippen molar-refractivity contribution in [2.24, 2.45) is 0 Å². The fourth-order valence-electron chi connectivity index (χ4n) is 1.84. The Balaban J connectivity index is 2.36. The number of carbonyl (C=O) groups excluding carboxylic acids is 1. The first kappa shape index (κ1) is 14.9. The summed E-state index contributed by atoms with van der Waals surface area (Å²) < 4.78 is 11.0. The molecule has 0 aliphatic carbocycles. The highest BCUT2D eigenvalue weighted by atomic mass is 32.2. The minimum atomic E-state index is -0.0516. The summed E-state index contributed by atoms with van der Waals surface area (Å²) in [5, 5.41) is 0. The van der Waals surface area contributed by atoms with Crippen molar-refractivity contribution >= 4 is 40.3 Å². The van der Waals surface area contributed by atoms with E-state index in [1.807, 2.05) is 19.1 Å². The zero-order chi connectivity index (χ0) is 14.7. The van der Waals surface area contributed by atoms with Gasteiger partial charge in [-0.3, -0.25) is 9.69 Å². The van der Waals surface area contributed by atoms with Gasteiger partial charge in [0.05, 0.1) is 19.1 Å². The van der Waals surface area contributed by atoms with Crippen molar-refractivity contribution in [2.45, 2.75) is 6.92 Å². The summed E-state index contributed by atoms with van der Waals surface area (Å²) in [4.78, 5) is 14.4. The van der Waals surface area contributed by atoms with Gasteiger partial charge in [-0.05, 0) is 30.7 Å². The molecule has 0 saturated carbocycles. The molecule has 2 rings (SSSR count). The second-order valence-electron chi connectivity index (χ2n) is 4.07. The number of nitrogens with zero attached hydrogens (tertiary/aromatic N) is 1. The molecular weight excluding hydrogens is 294 g/mol. The van der Waals surface area contributed by atoms with Gasteiger partial charge in [0.2, 0.25) is 0 Å². The molecule has 1 amide bonds. The van der Waals surface area contributed by atoms with Crippen LogP contribution < -0.4 is 9.47 Å². The number of likely N-dealkylation sites (N-methyl/N-ethyl adjacent to an activating group) is 1. The molecule has 0 aromatic heterocycles. The van der Waals surface area contributed by atoms with Gasteiger partial charge in [0.15, 0.2) is 0 Å². The largest absolute Gasteiger partial charge is 0.497 e. The van der Waals surface area contributed by atoms with Crippen molar-refractivity contribution < 1.29 is 14.3 Å². The Morgan fingerprint density at radius 2 is 1.85 bits per heavy atom. The van der Waals surface area contributed by atoms with Crippen molar-refractivity contribution in [2.75, 3.05) is 20.8 Å². The highest BCUT2D eigenvalue weighted by Crippen LogP contribution is 2.33. The zero-order valence-corrected chi connectivity index (χ0v) is 13.1. The van der Waals surface area contributed by atoms with Crippen molar-refractivity contribution in [1.82, 2.24) is 4.90 Å². The zero-order valence-electron chi connectivity index (χ0n) is 11.5. The summed E-state index contributed by atoms with van der Waals surface area (Å²) in [6.45, 7) is 2.49. The lowest BCUT2D eigenvalue weighted by atomic mass is 10.2. The number of methoxy groups -OCH3 is 2. The Hall–Kier alpha value is -1.53. The highest BCUT2D eigenvalue weighted by molar-refractivity contribution is 8.26. The summed E-state index contributed by atoms with van der Waals surface area (Å²) in [5.74, 6) is 1.31. The van der Waals surface area contributed by atoms with Crippen LogP contribution in [-0.2, 0) is 4.79 Å². The molecule has 6 heteroatoms. The molecule has 1 fully saturated rings. The van der Waals surface area contributed by atoms with E-state index in [0.717, 1.165) is 5.56 Å². The highest BCUT2D eigenvalue weighted by Gasteiger charge is 2.30. The molecule has 106 valence electrons. The predicted octanol–water partition coefficient (Wildman–Crippen LogP) is 2.92. The van der Waals surface area contributed by atoms with E-state index < -0.39 is 0 Å². The van der Waals surface area contributed by atoms with Crippen molar-refractivity contribution in [3.05, 3.63) is 28.7 Å². The van der Waals surface area contributed by atoms with Crippen LogP contribution in [0.4, 0.5) is 0 Å². The van der Waals surface area contributed by atoms with E-state index in [9.17, 15) is 4.79 Å². The monoisotopic (exact) mass is 309 g/mol. The molecular formula is C14H15NO3S2. The number of thioether (sulfide) groups is 1. The molecule has 1 aromatic rings. The Kier molecular flexibility index (Phi) is 4.67. The first-order valence-electron chi connectivity index (χ1n) is 6.07. The van der Waals surface area contributed by atoms with Gasteiger partial charge < -0.3 is 9.47 Å². The van der Waals surface area contributed by atoms with Crippen LogP contribution in [0.25, 0.3) is 6.08 Å². The topological polar surface area (TPSA) is 38.8 Å². The summed E-state index contributed by atoms with van der Waals surface area (Å²) in [5.41, 5.74) is 0.845. The maximum Gasteiger partial charge on any atom is 0.266 e. The lowest BCUT2D eigenvalue weighted by Gasteiger charge is -2.09. The summed E-state index contributed by atoms with van der Waals surface area (Å²) in [6.07, 6.45) is 1.81. The first-order chi connectivity index (χ1) is 9.58. The van der Waals surface area contributed by atoms with E-state index in [1.165, 1.54) is 11.8 Å². The quantitative estimate of drug-likeness (QED) is 0.631. The molecule has 0 atom stereocenters. The Bertz CT molecular complexity index is 562. The second-order valence-corrected chi connectivity index (χ2v) is 5.75. The summed E-state index contributed by atoms with van der Waals surface area (Å²) >= 11 is 6.50. The third-order valence-electron chi connectivity index (χ3n) is 2.86. The molecule has 1 aromatic carbocycles. The fraction of sp³-hybridized carbons (Fsp3) is 0.286. The Labute approximate surface area is 127 Å². The number of hydrogen-bond acceptors (Lipinski definition) is 5. The molecule has 1 heterocycles. The van der Waals surface area contributed by atoms with Crippen LogP contribution in [0.5, 0.6) is 11.5 Å². The molecule has 0 spiro atoms. The van der Waals surface area contributed by atoms with Crippen LogP contribution in [-0.4, -0.2) is 35.9 Å². The van der Waals surface area contributed by atoms with Gasteiger partial charge in [-0.25, -0.2) is 0 Å². The number of carbonyl (C=O) groups is 1. The van der Waals surface area contributed by atoms with Crippen LogP contribution in [0.1, 0.15) is 12.5 Å². The molecule has 4 nitrogen and oxygen atoms in total. The number of rotatable bonds is 4. The van der Waals surface area contributed by atoms with Crippen molar-refractivity contribution in [1.29, 1.82) is 0 Å². The van der Waals surface area contributed by atoms with Gasteiger partial charge in [-0.2, -0.15) is 0 Å². The number of hydrogen-bond donors (Lipinski definition) is 0. The number of thiocarbonyl (C=S) groups is 1. The lowest BCUT2D eigenvalue weighted by molar-refractivity contribution is -0.121. The number of benzene rings is 1. The van der Waals surface area contributed by atoms with E-state index in [-0.39, 0.29) is 5.91 Å². The molecule has 0 bridgehead atoms. The van der Waals surface area contributed by atoms with E-state index in [0.29, 0.717) is 27.3 Å². The number of ether oxygens (including phenoxy) is 2. The fourth-order valence-corrected chi connectivity index (χ4v) is 3.22. The van der Waals surface area contributed by atoms with E-state index >= 15 is 0 Å². The smallest absolute Gasteiger partial charge is 0.266 e. The molecule has 1 aliphatic rings. The SMILES string of the molecule is CCN1C(=O)/C(=C/c2cc(OC)cc(OC)c2)SC1=S. The average Bonchev–Trinajstić information content (AvgIpc) is 2.72. The Morgan fingerprint density at radius 3 is 2.30 bits per heavy atom. The predicted molar refractivity (Wildman–Crippen MR) is 85.1 cm³/mol. The van der Waals surface area contributed by atoms with Crippen LogP contribution in [0, 0.1) is 0 Å². The van der Waals surface area contributed by atoms with Gasteiger partial charge >= 0.3 is 0 Å². The van der Waals surface area contributed by atoms with E-state index in [4.69, 9.17) is 21.7 Å². The van der Waals surface area contributed by atoms with Gasteiger partial charge in [0.1, 0.15) is 15.8 Å². The molecule has 1 saturated heterocycles. The summed E-state index contributed by atoms with van der Waals surface area (Å²) in [7, 11) is 3.18. The van der Waals surface area contributed by atoms with Crippen molar-refractivity contribution in [3.8, 4) is 11.5 Å². The van der Waals surface area contributed by atoms with Crippen LogP contribution in [0.3, 0.4) is 0 Å². The molecule has 1 aliphatic heterocycles. The third kappa shape index (κ3) is 2.96. The van der Waals surface area contributed by atoms with Crippen LogP contribution in [0.15, 0.2) is 23.1 Å². The van der Waals surface area contributed by atoms with Gasteiger partial charge in [-0.1, -0.05) is 24.0 Å². The molecule has 20 heavy (non-hydrogen) atoms. The van der Waals surface area contributed by atoms with Gasteiger partial charge in [0, 0.05) is 12.6 Å². The normalized spacial score (nSPS) is 16.9. The lowest BCUT2D eigenvalue weighted by Crippen LogP contribution is -2.27. The van der Waals surface area contributed by atoms with Crippen LogP contribution >= 0.6 is 24.0 Å². The minimum Gasteiger partial charge on any atom is -0.497 e. The maximum absolute atomic E-state index is 12.1. The van der Waals surface area contributed by atoms with E-state index in [1.54, 1.807) is 31.3 Å². The van der Waals surface area contributed by atoms with Gasteiger partial charge in [-0.15, -0.1) is 0 Å². The minimum absolute atomic E-state index is 0.0516. The maximum atomic E-state index is 12.1. The molecule has 0 unspecified atom stereocenters. The van der Waals surface area contributed by atoms with Crippen molar-refractivity contribution in [3.63, 3.8) is 0 Å². The van der Waals surface area contributed by atoms with E-state index in [2.05, 4.69) is 0 Å². The average molecular weight is 309 g/mol. The van der Waals surface area contributed by atoms with Gasteiger partial charge in [0.25, 0.3) is 5.91 Å². The molecule has 0 radical (unpaired) electrons. The number of amides is 1. The van der Waals surface area contributed by atoms with Crippen LogP contribution in [0.2, 0.25) is 0 Å². The second kappa shape index (κ2) is 6.28. The third-order valence-corrected chi connectivity index (χ3v) is 4.24. The summed E-state index contributed by atoms with van der Waals surface area (Å²) in [6, 6.07) is 5.48. The standard InChI is InChI=1S/C14H15NO3S2/c1-4-15-13(16)12(20-14(15)19)7-9-5-10(17-2)8-11(6-9)18-3/h5-8H,4H2,1-3H3/b12-7-. The molecule has 0 N–H and O–H groups in total. The first-order valence-corrected chi connectivity index (χ1v) is 7.30.